The number of hydrogen-bond donors (Lipinski definition) is 2. The zero-order chi connectivity index (χ0) is 18.6. The number of carboxylic acids is 1. The van der Waals surface area contributed by atoms with Gasteiger partial charge in [-0.3, -0.25) is 0 Å². The number of aliphatic carboxylic acids is 1. The molecule has 0 bridgehead atoms. The van der Waals surface area contributed by atoms with Crippen molar-refractivity contribution in [3.63, 3.8) is 0 Å². The van der Waals surface area contributed by atoms with Crippen LogP contribution in [-0.2, 0) is 4.79 Å². The number of unbranched alkanes of at least 4 members (excludes halogenated alkanes) is 7. The van der Waals surface area contributed by atoms with E-state index in [0.29, 0.717) is 0 Å². The Balaban J connectivity index is 3.80. The first kappa shape index (κ1) is 22.7. The van der Waals surface area contributed by atoms with Gasteiger partial charge in [0.2, 0.25) is 0 Å². The molecule has 0 unspecified atom stereocenters. The van der Waals surface area contributed by atoms with Crippen LogP contribution in [0.1, 0.15) is 58.3 Å². The van der Waals surface area contributed by atoms with Crippen molar-refractivity contribution in [2.24, 2.45) is 0 Å². The van der Waals surface area contributed by atoms with Crippen LogP contribution in [0.25, 0.3) is 0 Å². The zero-order valence-electron chi connectivity index (χ0n) is 15.3. The second-order valence-electron chi connectivity index (χ2n) is 5.76. The lowest BCUT2D eigenvalue weighted by Crippen LogP contribution is -1.84. The molecular formula is C22H32O3. The van der Waals surface area contributed by atoms with Gasteiger partial charge in [0, 0.05) is 6.08 Å². The summed E-state index contributed by atoms with van der Waals surface area (Å²) in [6.07, 6.45) is 28.6. The number of carbonyl (C=O) groups is 1. The molecule has 0 aromatic rings. The Morgan fingerprint density at radius 3 is 1.92 bits per heavy atom. The molecule has 138 valence electrons. The van der Waals surface area contributed by atoms with Gasteiger partial charge in [0.15, 0.2) is 0 Å². The largest absolute Gasteiger partial charge is 0.508 e. The maximum absolute atomic E-state index is 10.2. The van der Waals surface area contributed by atoms with E-state index in [-0.39, 0.29) is 5.76 Å². The van der Waals surface area contributed by atoms with Crippen molar-refractivity contribution in [1.29, 1.82) is 0 Å². The van der Waals surface area contributed by atoms with Gasteiger partial charge in [-0.1, -0.05) is 94.1 Å². The molecule has 0 amide bonds. The topological polar surface area (TPSA) is 57.5 Å². The second-order valence-corrected chi connectivity index (χ2v) is 5.76. The van der Waals surface area contributed by atoms with Crippen molar-refractivity contribution < 1.29 is 15.0 Å². The molecule has 25 heavy (non-hydrogen) atoms. The van der Waals surface area contributed by atoms with Gasteiger partial charge < -0.3 is 10.2 Å². The Morgan fingerprint density at radius 2 is 1.28 bits per heavy atom. The van der Waals surface area contributed by atoms with Crippen LogP contribution in [-0.4, -0.2) is 16.2 Å². The summed E-state index contributed by atoms with van der Waals surface area (Å²) in [6.45, 7) is 2.24. The summed E-state index contributed by atoms with van der Waals surface area (Å²) in [4.78, 5) is 10.2. The summed E-state index contributed by atoms with van der Waals surface area (Å²) in [7, 11) is 0. The molecular weight excluding hydrogens is 312 g/mol. The molecule has 0 fully saturated rings. The van der Waals surface area contributed by atoms with Gasteiger partial charge in [-0.05, 0) is 25.0 Å². The molecule has 0 heterocycles. The normalized spacial score (nSPS) is 13.4. The summed E-state index contributed by atoms with van der Waals surface area (Å²) in [5, 5.41) is 18.1. The van der Waals surface area contributed by atoms with Crippen molar-refractivity contribution in [2.45, 2.75) is 58.3 Å². The van der Waals surface area contributed by atoms with E-state index >= 15 is 0 Å². The van der Waals surface area contributed by atoms with Crippen LogP contribution in [0.2, 0.25) is 0 Å². The minimum absolute atomic E-state index is 0.204. The van der Waals surface area contributed by atoms with Crippen LogP contribution in [0.5, 0.6) is 0 Å². The Bertz CT molecular complexity index is 505. The maximum Gasteiger partial charge on any atom is 0.328 e. The van der Waals surface area contributed by atoms with Gasteiger partial charge in [-0.25, -0.2) is 4.79 Å². The van der Waals surface area contributed by atoms with E-state index in [4.69, 9.17) is 5.11 Å². The molecule has 0 aliphatic rings. The zero-order valence-corrected chi connectivity index (χ0v) is 15.3. The quantitative estimate of drug-likeness (QED) is 0.165. The smallest absolute Gasteiger partial charge is 0.328 e. The SMILES string of the molecule is CCCCCCCCC/C=C/C=C(O)/C=C/C=C/C=C/C=C/C(=O)O. The highest BCUT2D eigenvalue weighted by molar-refractivity contribution is 5.80. The predicted molar refractivity (Wildman–Crippen MR) is 107 cm³/mol. The van der Waals surface area contributed by atoms with Gasteiger partial charge in [0.05, 0.1) is 0 Å². The number of rotatable bonds is 14. The van der Waals surface area contributed by atoms with E-state index in [9.17, 15) is 9.90 Å². The highest BCUT2D eigenvalue weighted by Crippen LogP contribution is 2.08. The molecule has 0 aliphatic carbocycles. The fourth-order valence-electron chi connectivity index (χ4n) is 2.09. The lowest BCUT2D eigenvalue weighted by Gasteiger charge is -1.98. The first-order valence-electron chi connectivity index (χ1n) is 9.13. The van der Waals surface area contributed by atoms with E-state index in [1.807, 2.05) is 6.08 Å². The molecule has 0 rings (SSSR count). The summed E-state index contributed by atoms with van der Waals surface area (Å²) >= 11 is 0. The summed E-state index contributed by atoms with van der Waals surface area (Å²) in [5.74, 6) is -0.765. The molecule has 0 atom stereocenters. The number of allylic oxidation sites excluding steroid dienone is 10. The lowest BCUT2D eigenvalue weighted by molar-refractivity contribution is -0.131. The molecule has 0 saturated heterocycles. The minimum Gasteiger partial charge on any atom is -0.508 e. The van der Waals surface area contributed by atoms with Crippen LogP contribution < -0.4 is 0 Å². The van der Waals surface area contributed by atoms with Crippen LogP contribution in [0.4, 0.5) is 0 Å². The number of aliphatic hydroxyl groups excluding tert-OH is 1. The Kier molecular flexibility index (Phi) is 16.4. The standard InChI is InChI=1S/C22H32O3/c1-2-3-4-5-6-7-8-9-12-15-18-21(23)19-16-13-10-11-14-17-20-22(24)25/h10-20,23H,2-9H2,1H3,(H,24,25)/b13-10+,14-11+,15-12+,19-16+,20-17+,21-18-. The average Bonchev–Trinajstić information content (AvgIpc) is 2.58. The van der Waals surface area contributed by atoms with Gasteiger partial charge in [0.25, 0.3) is 0 Å². The third-order valence-corrected chi connectivity index (χ3v) is 3.44. The monoisotopic (exact) mass is 344 g/mol. The Morgan fingerprint density at radius 1 is 0.720 bits per heavy atom. The molecule has 0 saturated carbocycles. The minimum atomic E-state index is -0.969. The predicted octanol–water partition coefficient (Wildman–Crippen LogP) is 6.43. The molecule has 0 spiro atoms. The summed E-state index contributed by atoms with van der Waals surface area (Å²) < 4.78 is 0. The average molecular weight is 344 g/mol. The number of hydrogen-bond acceptors (Lipinski definition) is 2. The maximum atomic E-state index is 10.2. The molecule has 0 radical (unpaired) electrons. The van der Waals surface area contributed by atoms with Gasteiger partial charge in [-0.2, -0.15) is 0 Å². The Hall–Kier alpha value is -2.29. The Labute approximate surface area is 152 Å². The van der Waals surface area contributed by atoms with Gasteiger partial charge in [-0.15, -0.1) is 0 Å². The van der Waals surface area contributed by atoms with Crippen molar-refractivity contribution in [3.05, 3.63) is 72.6 Å². The first-order chi connectivity index (χ1) is 12.2. The van der Waals surface area contributed by atoms with E-state index < -0.39 is 5.97 Å². The van der Waals surface area contributed by atoms with Crippen molar-refractivity contribution in [2.75, 3.05) is 0 Å². The summed E-state index contributed by atoms with van der Waals surface area (Å²) in [5.41, 5.74) is 0. The molecule has 0 aromatic heterocycles. The molecule has 3 heteroatoms. The second kappa shape index (κ2) is 18.1. The van der Waals surface area contributed by atoms with Crippen LogP contribution >= 0.6 is 0 Å². The van der Waals surface area contributed by atoms with Crippen LogP contribution in [0, 0.1) is 0 Å². The van der Waals surface area contributed by atoms with E-state index in [1.54, 1.807) is 42.5 Å². The fourth-order valence-corrected chi connectivity index (χ4v) is 2.09. The van der Waals surface area contributed by atoms with E-state index in [2.05, 4.69) is 13.0 Å². The molecule has 0 aromatic carbocycles. The van der Waals surface area contributed by atoms with E-state index in [0.717, 1.165) is 12.5 Å². The summed E-state index contributed by atoms with van der Waals surface area (Å²) in [6, 6.07) is 0. The van der Waals surface area contributed by atoms with Crippen LogP contribution in [0.15, 0.2) is 72.6 Å². The molecule has 3 nitrogen and oxygen atoms in total. The van der Waals surface area contributed by atoms with Gasteiger partial charge >= 0.3 is 5.97 Å². The highest BCUT2D eigenvalue weighted by Gasteiger charge is 1.89. The third kappa shape index (κ3) is 19.7. The molecule has 0 aliphatic heterocycles. The van der Waals surface area contributed by atoms with E-state index in [1.165, 1.54) is 51.0 Å². The fraction of sp³-hybridized carbons (Fsp3) is 0.409. The van der Waals surface area contributed by atoms with Crippen molar-refractivity contribution in [1.82, 2.24) is 0 Å². The number of carboxylic acid groups (broad SMARTS) is 1. The number of aliphatic hydroxyl groups is 1. The third-order valence-electron chi connectivity index (χ3n) is 3.44. The van der Waals surface area contributed by atoms with Crippen molar-refractivity contribution >= 4 is 5.97 Å². The lowest BCUT2D eigenvalue weighted by atomic mass is 10.1. The van der Waals surface area contributed by atoms with Crippen molar-refractivity contribution in [3.8, 4) is 0 Å². The highest BCUT2D eigenvalue weighted by atomic mass is 16.4. The first-order valence-corrected chi connectivity index (χ1v) is 9.13. The van der Waals surface area contributed by atoms with Crippen LogP contribution in [0.3, 0.4) is 0 Å². The van der Waals surface area contributed by atoms with Gasteiger partial charge in [0.1, 0.15) is 5.76 Å². The molecule has 2 N–H and O–H groups in total.